The van der Waals surface area contributed by atoms with Gasteiger partial charge in [-0.2, -0.15) is 4.98 Å². The number of aryl methyl sites for hydroxylation is 1. The molecule has 0 aliphatic rings. The number of anilines is 2. The van der Waals surface area contributed by atoms with E-state index in [-0.39, 0.29) is 12.0 Å². The number of carbonyl (C=O) groups is 1. The number of amides is 1. The van der Waals surface area contributed by atoms with Gasteiger partial charge >= 0.3 is 0 Å². The molecule has 1 unspecified atom stereocenters. The smallest absolute Gasteiger partial charge is 0.233 e. The zero-order valence-corrected chi connectivity index (χ0v) is 13.5. The summed E-state index contributed by atoms with van der Waals surface area (Å²) in [5.74, 6) is 0.624. The van der Waals surface area contributed by atoms with Crippen molar-refractivity contribution in [2.45, 2.75) is 25.8 Å². The van der Waals surface area contributed by atoms with Crippen molar-refractivity contribution < 1.29 is 4.79 Å². The molecule has 0 spiro atoms. The fraction of sp³-hybridized carbons (Fsp3) is 0.333. The molecule has 0 aromatic carbocycles. The molecular formula is C12H13Cl2N5OS. The molecule has 112 valence electrons. The monoisotopic (exact) mass is 345 g/mol. The number of carbonyl (C=O) groups excluding carboxylic acids is 1. The Bertz CT molecular complexity index is 621. The Labute approximate surface area is 135 Å². The van der Waals surface area contributed by atoms with Crippen LogP contribution in [0.3, 0.4) is 0 Å². The summed E-state index contributed by atoms with van der Waals surface area (Å²) in [4.78, 5) is 22.2. The number of hydrogen-bond donors (Lipinski definition) is 2. The van der Waals surface area contributed by atoms with Crippen LogP contribution in [0.2, 0.25) is 8.67 Å². The fourth-order valence-corrected chi connectivity index (χ4v) is 3.24. The second kappa shape index (κ2) is 7.53. The molecule has 0 saturated heterocycles. The molecule has 0 fully saturated rings. The zero-order valence-electron chi connectivity index (χ0n) is 11.1. The van der Waals surface area contributed by atoms with Gasteiger partial charge in [0.25, 0.3) is 0 Å². The zero-order chi connectivity index (χ0) is 15.2. The van der Waals surface area contributed by atoms with Crippen LogP contribution in [0.5, 0.6) is 0 Å². The lowest BCUT2D eigenvalue weighted by atomic mass is 10.1. The predicted molar refractivity (Wildman–Crippen MR) is 85.3 cm³/mol. The molecular weight excluding hydrogens is 333 g/mol. The molecule has 2 aromatic rings. The maximum atomic E-state index is 10.3. The predicted octanol–water partition coefficient (Wildman–Crippen LogP) is 3.24. The number of rotatable bonds is 7. The van der Waals surface area contributed by atoms with Crippen LogP contribution in [0.4, 0.5) is 11.9 Å². The standard InChI is InChI=1S/C12H13Cl2N5OS/c1-7(2-3-8-4-9(13)21-10(8)14)18-12-16-5-15-11(19-12)17-6-20/h4-7H,2-3H2,1H3,(H2,15,16,17,18,19,20). The molecule has 9 heteroatoms. The normalized spacial score (nSPS) is 12.0. The maximum Gasteiger partial charge on any atom is 0.233 e. The van der Waals surface area contributed by atoms with Crippen LogP contribution in [-0.2, 0) is 11.2 Å². The number of aromatic nitrogens is 3. The second-order valence-corrected chi connectivity index (χ2v) is 6.61. The van der Waals surface area contributed by atoms with Gasteiger partial charge in [0.1, 0.15) is 6.33 Å². The van der Waals surface area contributed by atoms with Crippen molar-refractivity contribution in [1.29, 1.82) is 0 Å². The average molecular weight is 346 g/mol. The highest BCUT2D eigenvalue weighted by Crippen LogP contribution is 2.32. The molecule has 0 aliphatic carbocycles. The van der Waals surface area contributed by atoms with Gasteiger partial charge in [-0.1, -0.05) is 23.2 Å². The van der Waals surface area contributed by atoms with E-state index >= 15 is 0 Å². The van der Waals surface area contributed by atoms with Gasteiger partial charge in [0.2, 0.25) is 18.3 Å². The molecule has 0 radical (unpaired) electrons. The Hall–Kier alpha value is -1.44. The summed E-state index contributed by atoms with van der Waals surface area (Å²) in [5, 5.41) is 5.52. The van der Waals surface area contributed by atoms with Gasteiger partial charge in [-0.05, 0) is 31.4 Å². The number of halogens is 2. The first-order chi connectivity index (χ1) is 10.1. The highest BCUT2D eigenvalue weighted by molar-refractivity contribution is 7.20. The minimum Gasteiger partial charge on any atom is -0.352 e. The molecule has 2 N–H and O–H groups in total. The van der Waals surface area contributed by atoms with Crippen molar-refractivity contribution in [2.24, 2.45) is 0 Å². The number of thiophene rings is 1. The van der Waals surface area contributed by atoms with Crippen molar-refractivity contribution in [1.82, 2.24) is 15.0 Å². The van der Waals surface area contributed by atoms with Crippen molar-refractivity contribution in [3.8, 4) is 0 Å². The Balaban J connectivity index is 1.89. The van der Waals surface area contributed by atoms with E-state index in [1.165, 1.54) is 17.7 Å². The van der Waals surface area contributed by atoms with Crippen LogP contribution in [0, 0.1) is 0 Å². The summed E-state index contributed by atoms with van der Waals surface area (Å²) in [6, 6.07) is 2.02. The van der Waals surface area contributed by atoms with Crippen molar-refractivity contribution in [3.63, 3.8) is 0 Å². The van der Waals surface area contributed by atoms with Gasteiger partial charge in [-0.3, -0.25) is 10.1 Å². The summed E-state index contributed by atoms with van der Waals surface area (Å²) < 4.78 is 1.42. The van der Waals surface area contributed by atoms with Gasteiger partial charge in [-0.15, -0.1) is 11.3 Å². The average Bonchev–Trinajstić information content (AvgIpc) is 2.75. The third-order valence-corrected chi connectivity index (χ3v) is 4.28. The summed E-state index contributed by atoms with van der Waals surface area (Å²) in [7, 11) is 0. The molecule has 2 aromatic heterocycles. The summed E-state index contributed by atoms with van der Waals surface area (Å²) in [6.45, 7) is 2.01. The fourth-order valence-electron chi connectivity index (χ4n) is 1.70. The van der Waals surface area contributed by atoms with Crippen LogP contribution >= 0.6 is 34.5 Å². The van der Waals surface area contributed by atoms with E-state index in [4.69, 9.17) is 23.2 Å². The van der Waals surface area contributed by atoms with Crippen LogP contribution in [0.1, 0.15) is 18.9 Å². The molecule has 0 bridgehead atoms. The topological polar surface area (TPSA) is 79.8 Å². The van der Waals surface area contributed by atoms with E-state index in [9.17, 15) is 4.79 Å². The minimum atomic E-state index is 0.131. The van der Waals surface area contributed by atoms with Crippen molar-refractivity contribution >= 4 is 52.8 Å². The van der Waals surface area contributed by atoms with E-state index in [1.807, 2.05) is 13.0 Å². The lowest BCUT2D eigenvalue weighted by Gasteiger charge is -2.13. The van der Waals surface area contributed by atoms with E-state index < -0.39 is 0 Å². The highest BCUT2D eigenvalue weighted by atomic mass is 35.5. The molecule has 6 nitrogen and oxygen atoms in total. The second-order valence-electron chi connectivity index (χ2n) is 4.33. The van der Waals surface area contributed by atoms with Gasteiger partial charge in [0, 0.05) is 6.04 Å². The number of hydrogen-bond acceptors (Lipinski definition) is 6. The molecule has 0 aliphatic heterocycles. The molecule has 2 heterocycles. The van der Waals surface area contributed by atoms with Crippen LogP contribution in [0.15, 0.2) is 12.4 Å². The lowest BCUT2D eigenvalue weighted by Crippen LogP contribution is -2.18. The van der Waals surface area contributed by atoms with Crippen LogP contribution in [0.25, 0.3) is 0 Å². The van der Waals surface area contributed by atoms with Crippen molar-refractivity contribution in [2.75, 3.05) is 10.6 Å². The first kappa shape index (κ1) is 15.9. The Morgan fingerprint density at radius 2 is 2.14 bits per heavy atom. The van der Waals surface area contributed by atoms with Crippen LogP contribution in [-0.4, -0.2) is 27.4 Å². The number of nitrogens with one attached hydrogen (secondary N) is 2. The third-order valence-electron chi connectivity index (χ3n) is 2.71. The Morgan fingerprint density at radius 1 is 1.38 bits per heavy atom. The van der Waals surface area contributed by atoms with Crippen LogP contribution < -0.4 is 10.6 Å². The summed E-state index contributed by atoms with van der Waals surface area (Å²) in [5.41, 5.74) is 1.04. The molecule has 21 heavy (non-hydrogen) atoms. The van der Waals surface area contributed by atoms with E-state index in [1.54, 1.807) is 0 Å². The van der Waals surface area contributed by atoms with E-state index in [2.05, 4.69) is 25.6 Å². The lowest BCUT2D eigenvalue weighted by molar-refractivity contribution is -0.105. The SMILES string of the molecule is CC(CCc1cc(Cl)sc1Cl)Nc1ncnc(NC=O)n1. The van der Waals surface area contributed by atoms with Gasteiger partial charge in [0.15, 0.2) is 0 Å². The quantitative estimate of drug-likeness (QED) is 0.753. The third kappa shape index (κ3) is 4.80. The largest absolute Gasteiger partial charge is 0.352 e. The minimum absolute atomic E-state index is 0.131. The molecule has 2 rings (SSSR count). The van der Waals surface area contributed by atoms with Crippen molar-refractivity contribution in [3.05, 3.63) is 26.6 Å². The first-order valence-corrected chi connectivity index (χ1v) is 7.75. The van der Waals surface area contributed by atoms with Gasteiger partial charge in [-0.25, -0.2) is 9.97 Å². The van der Waals surface area contributed by atoms with Gasteiger partial charge in [0.05, 0.1) is 8.67 Å². The number of nitrogens with zero attached hydrogens (tertiary/aromatic N) is 3. The Kier molecular flexibility index (Phi) is 5.72. The maximum absolute atomic E-state index is 10.3. The van der Waals surface area contributed by atoms with E-state index in [0.29, 0.717) is 16.7 Å². The molecule has 1 atom stereocenters. The first-order valence-electron chi connectivity index (χ1n) is 6.18. The Morgan fingerprint density at radius 3 is 2.81 bits per heavy atom. The highest BCUT2D eigenvalue weighted by Gasteiger charge is 2.10. The summed E-state index contributed by atoms with van der Waals surface area (Å²) >= 11 is 13.4. The van der Waals surface area contributed by atoms with E-state index in [0.717, 1.165) is 22.7 Å². The van der Waals surface area contributed by atoms with Gasteiger partial charge < -0.3 is 5.32 Å². The molecule has 0 saturated carbocycles. The molecule has 1 amide bonds. The summed E-state index contributed by atoms with van der Waals surface area (Å²) in [6.07, 6.45) is 3.50.